The highest BCUT2D eigenvalue weighted by Gasteiger charge is 2.18. The normalized spacial score (nSPS) is 12.5. The van der Waals surface area contributed by atoms with E-state index in [2.05, 4.69) is 11.8 Å². The Labute approximate surface area is 114 Å². The van der Waals surface area contributed by atoms with E-state index in [-0.39, 0.29) is 5.92 Å². The van der Waals surface area contributed by atoms with E-state index in [1.54, 1.807) is 38.1 Å². The molecule has 102 valence electrons. The van der Waals surface area contributed by atoms with Crippen LogP contribution in [0.3, 0.4) is 0 Å². The third-order valence-electron chi connectivity index (χ3n) is 2.37. The molecule has 1 aromatic rings. The summed E-state index contributed by atoms with van der Waals surface area (Å²) in [5, 5.41) is 9.59. The molecule has 0 heterocycles. The van der Waals surface area contributed by atoms with Crippen LogP contribution in [0.4, 0.5) is 0 Å². The van der Waals surface area contributed by atoms with E-state index in [1.165, 1.54) is 0 Å². The molecule has 1 aromatic carbocycles. The highest BCUT2D eigenvalue weighted by molar-refractivity contribution is 5.89. The lowest BCUT2D eigenvalue weighted by atomic mass is 10.1. The van der Waals surface area contributed by atoms with E-state index < -0.39 is 17.7 Å². The molecule has 0 radical (unpaired) electrons. The number of esters is 1. The minimum atomic E-state index is -1.09. The predicted octanol–water partition coefficient (Wildman–Crippen LogP) is 2.64. The van der Waals surface area contributed by atoms with Gasteiger partial charge >= 0.3 is 5.97 Å². The summed E-state index contributed by atoms with van der Waals surface area (Å²) in [6.07, 6.45) is -0.529. The van der Waals surface area contributed by atoms with Crippen LogP contribution in [0.1, 0.15) is 38.1 Å². The number of hydrogen-bond donors (Lipinski definition) is 1. The lowest BCUT2D eigenvalue weighted by Crippen LogP contribution is -2.24. The van der Waals surface area contributed by atoms with Gasteiger partial charge < -0.3 is 9.84 Å². The summed E-state index contributed by atoms with van der Waals surface area (Å²) in [7, 11) is 0. The van der Waals surface area contributed by atoms with Gasteiger partial charge in [-0.05, 0) is 26.0 Å². The summed E-state index contributed by atoms with van der Waals surface area (Å²) in [5.74, 6) is 5.16. The van der Waals surface area contributed by atoms with Gasteiger partial charge in [0.15, 0.2) is 6.10 Å². The first-order valence-corrected chi connectivity index (χ1v) is 6.30. The third kappa shape index (κ3) is 5.58. The van der Waals surface area contributed by atoms with E-state index in [4.69, 9.17) is 4.74 Å². The van der Waals surface area contributed by atoms with Crippen molar-refractivity contribution in [3.63, 3.8) is 0 Å². The van der Waals surface area contributed by atoms with Gasteiger partial charge in [-0.1, -0.05) is 43.9 Å². The fraction of sp³-hybridized carbons (Fsp3) is 0.438. The van der Waals surface area contributed by atoms with Crippen LogP contribution in [-0.2, 0) is 4.74 Å². The molecule has 19 heavy (non-hydrogen) atoms. The molecule has 0 amide bonds. The van der Waals surface area contributed by atoms with Gasteiger partial charge in [0.05, 0.1) is 5.56 Å². The molecule has 0 saturated heterocycles. The smallest absolute Gasteiger partial charge is 0.339 e. The topological polar surface area (TPSA) is 46.5 Å². The number of hydrogen-bond acceptors (Lipinski definition) is 3. The second-order valence-corrected chi connectivity index (χ2v) is 5.26. The molecular weight excluding hydrogens is 240 g/mol. The first-order valence-electron chi connectivity index (χ1n) is 6.30. The molecule has 1 atom stereocenters. The highest BCUT2D eigenvalue weighted by Crippen LogP contribution is 2.11. The van der Waals surface area contributed by atoms with Gasteiger partial charge in [0.25, 0.3) is 0 Å². The largest absolute Gasteiger partial charge is 0.445 e. The molecule has 0 fully saturated rings. The molecule has 1 rings (SSSR count). The zero-order valence-electron chi connectivity index (χ0n) is 11.8. The summed E-state index contributed by atoms with van der Waals surface area (Å²) < 4.78 is 5.37. The van der Waals surface area contributed by atoms with Crippen LogP contribution in [0.15, 0.2) is 30.3 Å². The Morgan fingerprint density at radius 2 is 1.84 bits per heavy atom. The van der Waals surface area contributed by atoms with Gasteiger partial charge in [-0.2, -0.15) is 0 Å². The monoisotopic (exact) mass is 260 g/mol. The van der Waals surface area contributed by atoms with Gasteiger partial charge in [0.2, 0.25) is 0 Å². The summed E-state index contributed by atoms with van der Waals surface area (Å²) in [6, 6.07) is 8.80. The quantitative estimate of drug-likeness (QED) is 0.671. The van der Waals surface area contributed by atoms with Crippen LogP contribution in [0.2, 0.25) is 0 Å². The van der Waals surface area contributed by atoms with Crippen LogP contribution >= 0.6 is 0 Å². The molecule has 0 aliphatic heterocycles. The van der Waals surface area contributed by atoms with Gasteiger partial charge in [-0.15, -0.1) is 0 Å². The van der Waals surface area contributed by atoms with Crippen molar-refractivity contribution in [3.05, 3.63) is 35.9 Å². The Balaban J connectivity index is 2.80. The van der Waals surface area contributed by atoms with Crippen LogP contribution in [-0.4, -0.2) is 22.8 Å². The summed E-state index contributed by atoms with van der Waals surface area (Å²) in [5.41, 5.74) is -0.593. The molecule has 0 aliphatic carbocycles. The molecule has 0 aromatic heterocycles. The van der Waals surface area contributed by atoms with Crippen LogP contribution in [0.5, 0.6) is 0 Å². The fourth-order valence-corrected chi connectivity index (χ4v) is 1.34. The molecule has 0 bridgehead atoms. The average Bonchev–Trinajstić information content (AvgIpc) is 2.33. The van der Waals surface area contributed by atoms with Crippen molar-refractivity contribution in [1.29, 1.82) is 0 Å². The Kier molecular flexibility index (Phi) is 5.14. The Morgan fingerprint density at radius 3 is 2.32 bits per heavy atom. The summed E-state index contributed by atoms with van der Waals surface area (Å²) >= 11 is 0. The molecule has 3 nitrogen and oxygen atoms in total. The Bertz CT molecular complexity index is 472. The van der Waals surface area contributed by atoms with Crippen molar-refractivity contribution >= 4 is 5.97 Å². The van der Waals surface area contributed by atoms with Crippen LogP contribution < -0.4 is 0 Å². The maximum absolute atomic E-state index is 11.9. The fourth-order valence-electron chi connectivity index (χ4n) is 1.34. The molecule has 0 aliphatic rings. The number of rotatable bonds is 3. The molecule has 3 heteroatoms. The van der Waals surface area contributed by atoms with Gasteiger partial charge in [0.1, 0.15) is 5.60 Å². The molecule has 0 unspecified atom stereocenters. The summed E-state index contributed by atoms with van der Waals surface area (Å²) in [4.78, 5) is 11.9. The SMILES string of the molecule is CC(C)[C@@H](C#CC(C)(C)O)OC(=O)c1ccccc1. The minimum absolute atomic E-state index is 0.0579. The number of carbonyl (C=O) groups excluding carboxylic acids is 1. The number of ether oxygens (including phenoxy) is 1. The van der Waals surface area contributed by atoms with Gasteiger partial charge in [-0.25, -0.2) is 4.79 Å². The minimum Gasteiger partial charge on any atom is -0.445 e. The molecule has 0 saturated carbocycles. The van der Waals surface area contributed by atoms with E-state index >= 15 is 0 Å². The predicted molar refractivity (Wildman–Crippen MR) is 74.6 cm³/mol. The van der Waals surface area contributed by atoms with Crippen molar-refractivity contribution in [2.45, 2.75) is 39.4 Å². The number of aliphatic hydroxyl groups is 1. The van der Waals surface area contributed by atoms with Crippen molar-refractivity contribution in [2.24, 2.45) is 5.92 Å². The van der Waals surface area contributed by atoms with Gasteiger partial charge in [-0.3, -0.25) is 0 Å². The first-order chi connectivity index (χ1) is 8.79. The van der Waals surface area contributed by atoms with E-state index in [0.717, 1.165) is 0 Å². The summed E-state index contributed by atoms with van der Waals surface area (Å²) in [6.45, 7) is 7.02. The Morgan fingerprint density at radius 1 is 1.26 bits per heavy atom. The van der Waals surface area contributed by atoms with E-state index in [0.29, 0.717) is 5.56 Å². The lowest BCUT2D eigenvalue weighted by Gasteiger charge is -2.17. The standard InChI is InChI=1S/C16H20O3/c1-12(2)14(10-11-16(3,4)18)19-15(17)13-8-6-5-7-9-13/h5-9,12,14,18H,1-4H3/t14-/m1/s1. The van der Waals surface area contributed by atoms with Crippen molar-refractivity contribution < 1.29 is 14.6 Å². The highest BCUT2D eigenvalue weighted by atomic mass is 16.5. The van der Waals surface area contributed by atoms with Crippen molar-refractivity contribution in [3.8, 4) is 11.8 Å². The second-order valence-electron chi connectivity index (χ2n) is 5.26. The van der Waals surface area contributed by atoms with Crippen molar-refractivity contribution in [1.82, 2.24) is 0 Å². The third-order valence-corrected chi connectivity index (χ3v) is 2.37. The van der Waals surface area contributed by atoms with E-state index in [1.807, 2.05) is 19.9 Å². The maximum atomic E-state index is 11.9. The Hall–Kier alpha value is -1.79. The molecule has 0 spiro atoms. The molecular formula is C16H20O3. The molecule has 1 N–H and O–H groups in total. The zero-order chi connectivity index (χ0) is 14.5. The number of benzene rings is 1. The van der Waals surface area contributed by atoms with Crippen LogP contribution in [0.25, 0.3) is 0 Å². The zero-order valence-corrected chi connectivity index (χ0v) is 11.8. The van der Waals surface area contributed by atoms with E-state index in [9.17, 15) is 9.90 Å². The maximum Gasteiger partial charge on any atom is 0.339 e. The second kappa shape index (κ2) is 6.40. The van der Waals surface area contributed by atoms with Crippen molar-refractivity contribution in [2.75, 3.05) is 0 Å². The first kappa shape index (κ1) is 15.3. The van der Waals surface area contributed by atoms with Crippen LogP contribution in [0, 0.1) is 17.8 Å². The number of carbonyl (C=O) groups is 1. The van der Waals surface area contributed by atoms with Gasteiger partial charge in [0, 0.05) is 5.92 Å². The average molecular weight is 260 g/mol. The lowest BCUT2D eigenvalue weighted by molar-refractivity contribution is 0.0327.